The van der Waals surface area contributed by atoms with Crippen molar-refractivity contribution in [1.29, 1.82) is 0 Å². The zero-order valence-electron chi connectivity index (χ0n) is 13.5. The molecular weight excluding hydrogens is 262 g/mol. The summed E-state index contributed by atoms with van der Waals surface area (Å²) in [7, 11) is 2.04. The Bertz CT molecular complexity index is 625. The lowest BCUT2D eigenvalue weighted by atomic mass is 10.0. The summed E-state index contributed by atoms with van der Waals surface area (Å²) in [6.45, 7) is 9.54. The predicted octanol–water partition coefficient (Wildman–Crippen LogP) is 2.59. The van der Waals surface area contributed by atoms with Gasteiger partial charge in [-0.05, 0) is 40.2 Å². The van der Waals surface area contributed by atoms with Crippen LogP contribution in [-0.2, 0) is 20.1 Å². The molecular formula is C16H25N5. The van der Waals surface area contributed by atoms with Crippen LogP contribution < -0.4 is 0 Å². The summed E-state index contributed by atoms with van der Waals surface area (Å²) in [5.41, 5.74) is 3.89. The summed E-state index contributed by atoms with van der Waals surface area (Å²) in [6.07, 6.45) is 6.46. The van der Waals surface area contributed by atoms with Gasteiger partial charge in [0, 0.05) is 43.3 Å². The minimum Gasteiger partial charge on any atom is -0.334 e. The third kappa shape index (κ3) is 2.50. The minimum atomic E-state index is 0.487. The molecule has 0 N–H and O–H groups in total. The molecule has 0 aliphatic carbocycles. The normalized spacial score (nSPS) is 19.5. The second kappa shape index (κ2) is 5.64. The van der Waals surface area contributed by atoms with E-state index in [-0.39, 0.29) is 0 Å². The van der Waals surface area contributed by atoms with Gasteiger partial charge in [0.25, 0.3) is 0 Å². The first-order valence-corrected chi connectivity index (χ1v) is 7.86. The van der Waals surface area contributed by atoms with Crippen LogP contribution in [0.2, 0.25) is 0 Å². The molecule has 1 aliphatic rings. The molecule has 3 rings (SSSR count). The van der Waals surface area contributed by atoms with Gasteiger partial charge in [-0.3, -0.25) is 9.58 Å². The molecule has 0 saturated carbocycles. The van der Waals surface area contributed by atoms with E-state index in [4.69, 9.17) is 0 Å². The van der Waals surface area contributed by atoms with Crippen molar-refractivity contribution in [2.45, 2.75) is 52.7 Å². The van der Waals surface area contributed by atoms with Crippen LogP contribution in [-0.4, -0.2) is 30.8 Å². The first-order valence-electron chi connectivity index (χ1n) is 7.86. The van der Waals surface area contributed by atoms with Crippen molar-refractivity contribution in [2.75, 3.05) is 6.54 Å². The molecule has 0 aromatic carbocycles. The predicted molar refractivity (Wildman–Crippen MR) is 83.0 cm³/mol. The summed E-state index contributed by atoms with van der Waals surface area (Å²) >= 11 is 0. The van der Waals surface area contributed by atoms with E-state index in [1.807, 2.05) is 17.9 Å². The van der Waals surface area contributed by atoms with Gasteiger partial charge in [0.1, 0.15) is 5.82 Å². The van der Waals surface area contributed by atoms with Crippen molar-refractivity contribution < 1.29 is 0 Å². The highest BCUT2D eigenvalue weighted by molar-refractivity contribution is 5.29. The summed E-state index contributed by atoms with van der Waals surface area (Å²) in [5, 5.41) is 4.59. The van der Waals surface area contributed by atoms with Crippen LogP contribution >= 0.6 is 0 Å². The topological polar surface area (TPSA) is 38.9 Å². The molecule has 0 bridgehead atoms. The Hall–Kier alpha value is -1.62. The lowest BCUT2D eigenvalue weighted by molar-refractivity contribution is 0.237. The lowest BCUT2D eigenvalue weighted by Gasteiger charge is -2.25. The molecule has 0 amide bonds. The van der Waals surface area contributed by atoms with Crippen molar-refractivity contribution in [3.8, 4) is 0 Å². The SMILES string of the molecule is CCn1ccnc1CN1CCC[C@@H]1c1c(C)nn(C)c1C. The fourth-order valence-electron chi connectivity index (χ4n) is 3.58. The summed E-state index contributed by atoms with van der Waals surface area (Å²) in [6, 6.07) is 0.487. The maximum absolute atomic E-state index is 4.59. The number of rotatable bonds is 4. The summed E-state index contributed by atoms with van der Waals surface area (Å²) in [5.74, 6) is 1.17. The number of hydrogen-bond donors (Lipinski definition) is 0. The van der Waals surface area contributed by atoms with E-state index in [9.17, 15) is 0 Å². The van der Waals surface area contributed by atoms with Crippen LogP contribution in [0.3, 0.4) is 0 Å². The number of aromatic nitrogens is 4. The van der Waals surface area contributed by atoms with E-state index >= 15 is 0 Å². The van der Waals surface area contributed by atoms with E-state index in [1.54, 1.807) is 0 Å². The zero-order valence-corrected chi connectivity index (χ0v) is 13.5. The molecule has 0 radical (unpaired) electrons. The van der Waals surface area contributed by atoms with Gasteiger partial charge in [-0.2, -0.15) is 5.10 Å². The number of imidazole rings is 1. The molecule has 2 aromatic rings. The van der Waals surface area contributed by atoms with Crippen LogP contribution in [0, 0.1) is 13.8 Å². The molecule has 5 nitrogen and oxygen atoms in total. The first kappa shape index (κ1) is 14.3. The van der Waals surface area contributed by atoms with Crippen LogP contribution in [0.15, 0.2) is 12.4 Å². The number of likely N-dealkylation sites (tertiary alicyclic amines) is 1. The van der Waals surface area contributed by atoms with Crippen molar-refractivity contribution in [2.24, 2.45) is 7.05 Å². The van der Waals surface area contributed by atoms with E-state index in [0.717, 1.165) is 19.6 Å². The average molecular weight is 287 g/mol. The molecule has 114 valence electrons. The Kier molecular flexibility index (Phi) is 3.85. The maximum atomic E-state index is 4.59. The van der Waals surface area contributed by atoms with Crippen LogP contribution in [0.1, 0.15) is 48.6 Å². The minimum absolute atomic E-state index is 0.487. The highest BCUT2D eigenvalue weighted by Crippen LogP contribution is 2.36. The Morgan fingerprint density at radius 3 is 2.81 bits per heavy atom. The van der Waals surface area contributed by atoms with Gasteiger partial charge in [0.15, 0.2) is 0 Å². The van der Waals surface area contributed by atoms with E-state index in [1.165, 1.54) is 35.6 Å². The van der Waals surface area contributed by atoms with Crippen molar-refractivity contribution in [1.82, 2.24) is 24.2 Å². The Balaban J connectivity index is 1.86. The molecule has 1 saturated heterocycles. The quantitative estimate of drug-likeness (QED) is 0.867. The summed E-state index contributed by atoms with van der Waals surface area (Å²) in [4.78, 5) is 7.09. The molecule has 3 heterocycles. The first-order chi connectivity index (χ1) is 10.1. The fraction of sp³-hybridized carbons (Fsp3) is 0.625. The Morgan fingerprint density at radius 2 is 2.14 bits per heavy atom. The maximum Gasteiger partial charge on any atom is 0.122 e. The van der Waals surface area contributed by atoms with Gasteiger partial charge < -0.3 is 4.57 Å². The molecule has 2 aromatic heterocycles. The second-order valence-electron chi connectivity index (χ2n) is 5.97. The van der Waals surface area contributed by atoms with E-state index in [0.29, 0.717) is 6.04 Å². The van der Waals surface area contributed by atoms with Gasteiger partial charge in [-0.15, -0.1) is 0 Å². The highest BCUT2D eigenvalue weighted by Gasteiger charge is 2.30. The van der Waals surface area contributed by atoms with Crippen LogP contribution in [0.5, 0.6) is 0 Å². The summed E-state index contributed by atoms with van der Waals surface area (Å²) < 4.78 is 4.24. The van der Waals surface area contributed by atoms with Gasteiger partial charge in [0.05, 0.1) is 12.2 Å². The molecule has 0 spiro atoms. The lowest BCUT2D eigenvalue weighted by Crippen LogP contribution is -2.25. The van der Waals surface area contributed by atoms with Crippen molar-refractivity contribution >= 4 is 0 Å². The standard InChI is InChI=1S/C16H25N5/c1-5-20-10-8-17-15(20)11-21-9-6-7-14(21)16-12(2)18-19(4)13(16)3/h8,10,14H,5-7,9,11H2,1-4H3/t14-/m1/s1. The molecule has 1 atom stereocenters. The smallest absolute Gasteiger partial charge is 0.122 e. The fourth-order valence-corrected chi connectivity index (χ4v) is 3.58. The van der Waals surface area contributed by atoms with Gasteiger partial charge >= 0.3 is 0 Å². The van der Waals surface area contributed by atoms with Gasteiger partial charge in [-0.1, -0.05) is 0 Å². The number of hydrogen-bond acceptors (Lipinski definition) is 3. The number of nitrogens with zero attached hydrogens (tertiary/aromatic N) is 5. The van der Waals surface area contributed by atoms with Crippen molar-refractivity contribution in [3.05, 3.63) is 35.2 Å². The Morgan fingerprint density at radius 1 is 1.33 bits per heavy atom. The van der Waals surface area contributed by atoms with Crippen LogP contribution in [0.4, 0.5) is 0 Å². The third-order valence-electron chi connectivity index (χ3n) is 4.75. The van der Waals surface area contributed by atoms with E-state index in [2.05, 4.69) is 46.5 Å². The zero-order chi connectivity index (χ0) is 15.0. The monoisotopic (exact) mass is 287 g/mol. The molecule has 21 heavy (non-hydrogen) atoms. The molecule has 1 fully saturated rings. The van der Waals surface area contributed by atoms with Gasteiger partial charge in [0.2, 0.25) is 0 Å². The van der Waals surface area contributed by atoms with Crippen molar-refractivity contribution in [3.63, 3.8) is 0 Å². The largest absolute Gasteiger partial charge is 0.334 e. The third-order valence-corrected chi connectivity index (χ3v) is 4.75. The van der Waals surface area contributed by atoms with Gasteiger partial charge in [-0.25, -0.2) is 4.98 Å². The molecule has 0 unspecified atom stereocenters. The average Bonchev–Trinajstić information content (AvgIpc) is 3.13. The van der Waals surface area contributed by atoms with Crippen LogP contribution in [0.25, 0.3) is 0 Å². The number of aryl methyl sites for hydroxylation is 3. The van der Waals surface area contributed by atoms with E-state index < -0.39 is 0 Å². The second-order valence-corrected chi connectivity index (χ2v) is 5.97. The Labute approximate surface area is 126 Å². The molecule has 1 aliphatic heterocycles. The highest BCUT2D eigenvalue weighted by atomic mass is 15.3. The molecule has 5 heteroatoms.